The third kappa shape index (κ3) is 2.37. The van der Waals surface area contributed by atoms with Crippen LogP contribution in [0.3, 0.4) is 0 Å². The SMILES string of the molecule is NCc1cn(Cc2ccc(F)cc2Cl)nn1. The number of benzene rings is 1. The number of nitrogens with zero attached hydrogens (tertiary/aromatic N) is 3. The first-order valence-corrected chi connectivity index (χ1v) is 5.10. The van der Waals surface area contributed by atoms with Crippen LogP contribution in [-0.4, -0.2) is 15.0 Å². The molecular weight excluding hydrogens is 231 g/mol. The van der Waals surface area contributed by atoms with Gasteiger partial charge in [-0.2, -0.15) is 0 Å². The zero-order chi connectivity index (χ0) is 11.5. The molecule has 6 heteroatoms. The molecule has 0 radical (unpaired) electrons. The second kappa shape index (κ2) is 4.59. The van der Waals surface area contributed by atoms with Crippen molar-refractivity contribution in [1.82, 2.24) is 15.0 Å². The van der Waals surface area contributed by atoms with Crippen molar-refractivity contribution in [2.24, 2.45) is 5.73 Å². The molecule has 0 saturated heterocycles. The fourth-order valence-electron chi connectivity index (χ4n) is 1.33. The van der Waals surface area contributed by atoms with Crippen LogP contribution >= 0.6 is 11.6 Å². The summed E-state index contributed by atoms with van der Waals surface area (Å²) < 4.78 is 14.4. The first kappa shape index (κ1) is 11.0. The van der Waals surface area contributed by atoms with E-state index < -0.39 is 0 Å². The Hall–Kier alpha value is -1.46. The first-order valence-electron chi connectivity index (χ1n) is 4.72. The van der Waals surface area contributed by atoms with Crippen LogP contribution in [0.25, 0.3) is 0 Å². The van der Waals surface area contributed by atoms with Gasteiger partial charge in [0.2, 0.25) is 0 Å². The molecule has 0 saturated carbocycles. The van der Waals surface area contributed by atoms with Crippen molar-refractivity contribution in [2.75, 3.05) is 0 Å². The average Bonchev–Trinajstić information content (AvgIpc) is 2.70. The molecular formula is C10H10ClFN4. The zero-order valence-corrected chi connectivity index (χ0v) is 9.15. The highest BCUT2D eigenvalue weighted by Gasteiger charge is 2.04. The van der Waals surface area contributed by atoms with E-state index in [9.17, 15) is 4.39 Å². The molecule has 0 atom stereocenters. The summed E-state index contributed by atoms with van der Waals surface area (Å²) in [5, 5.41) is 8.11. The van der Waals surface area contributed by atoms with E-state index in [2.05, 4.69) is 10.3 Å². The van der Waals surface area contributed by atoms with Crippen LogP contribution in [0.15, 0.2) is 24.4 Å². The van der Waals surface area contributed by atoms with Gasteiger partial charge >= 0.3 is 0 Å². The van der Waals surface area contributed by atoms with Gasteiger partial charge in [0.05, 0.1) is 18.4 Å². The van der Waals surface area contributed by atoms with Gasteiger partial charge in [-0.15, -0.1) is 5.10 Å². The molecule has 0 amide bonds. The monoisotopic (exact) mass is 240 g/mol. The topological polar surface area (TPSA) is 56.7 Å². The third-order valence-corrected chi connectivity index (χ3v) is 2.49. The van der Waals surface area contributed by atoms with Crippen LogP contribution < -0.4 is 5.73 Å². The second-order valence-electron chi connectivity index (χ2n) is 3.35. The van der Waals surface area contributed by atoms with Gasteiger partial charge in [0, 0.05) is 11.6 Å². The average molecular weight is 241 g/mol. The lowest BCUT2D eigenvalue weighted by molar-refractivity contribution is 0.621. The normalized spacial score (nSPS) is 10.7. The molecule has 0 aliphatic heterocycles. The van der Waals surface area contributed by atoms with Gasteiger partial charge in [-0.05, 0) is 17.7 Å². The summed E-state index contributed by atoms with van der Waals surface area (Å²) in [5.41, 5.74) is 6.91. The summed E-state index contributed by atoms with van der Waals surface area (Å²) in [6, 6.07) is 4.26. The number of hydrogen-bond donors (Lipinski definition) is 1. The van der Waals surface area contributed by atoms with Crippen LogP contribution in [0.4, 0.5) is 4.39 Å². The lowest BCUT2D eigenvalue weighted by atomic mass is 10.2. The zero-order valence-electron chi connectivity index (χ0n) is 8.40. The van der Waals surface area contributed by atoms with E-state index in [0.29, 0.717) is 23.8 Å². The molecule has 0 spiro atoms. The Bertz CT molecular complexity index is 497. The van der Waals surface area contributed by atoms with E-state index in [0.717, 1.165) is 5.56 Å². The number of halogens is 2. The Morgan fingerprint density at radius 1 is 1.44 bits per heavy atom. The van der Waals surface area contributed by atoms with Gasteiger partial charge in [-0.1, -0.05) is 22.9 Å². The summed E-state index contributed by atoms with van der Waals surface area (Å²) in [4.78, 5) is 0. The molecule has 0 bridgehead atoms. The van der Waals surface area contributed by atoms with Crippen molar-refractivity contribution in [3.8, 4) is 0 Å². The molecule has 0 aliphatic carbocycles. The van der Waals surface area contributed by atoms with Gasteiger partial charge in [0.1, 0.15) is 5.82 Å². The number of rotatable bonds is 3. The molecule has 0 fully saturated rings. The van der Waals surface area contributed by atoms with Crippen molar-refractivity contribution in [3.63, 3.8) is 0 Å². The quantitative estimate of drug-likeness (QED) is 0.886. The summed E-state index contributed by atoms with van der Waals surface area (Å²) >= 11 is 5.89. The van der Waals surface area contributed by atoms with Crippen LogP contribution in [0, 0.1) is 5.82 Å². The van der Waals surface area contributed by atoms with Gasteiger partial charge in [0.15, 0.2) is 0 Å². The maximum absolute atomic E-state index is 12.8. The lowest BCUT2D eigenvalue weighted by Gasteiger charge is -2.03. The Labute approximate surface area is 96.8 Å². The third-order valence-electron chi connectivity index (χ3n) is 2.14. The Kier molecular flexibility index (Phi) is 3.17. The highest BCUT2D eigenvalue weighted by atomic mass is 35.5. The Balaban J connectivity index is 2.20. The summed E-state index contributed by atoms with van der Waals surface area (Å²) in [7, 11) is 0. The molecule has 4 nitrogen and oxygen atoms in total. The number of hydrogen-bond acceptors (Lipinski definition) is 3. The Morgan fingerprint density at radius 2 is 2.25 bits per heavy atom. The maximum Gasteiger partial charge on any atom is 0.124 e. The predicted molar refractivity (Wildman–Crippen MR) is 58.4 cm³/mol. The van der Waals surface area contributed by atoms with E-state index in [1.165, 1.54) is 12.1 Å². The molecule has 0 unspecified atom stereocenters. The molecule has 1 aromatic carbocycles. The second-order valence-corrected chi connectivity index (χ2v) is 3.75. The van der Waals surface area contributed by atoms with Crippen LogP contribution in [0.2, 0.25) is 5.02 Å². The molecule has 2 aromatic rings. The van der Waals surface area contributed by atoms with Gasteiger partial charge in [0.25, 0.3) is 0 Å². The van der Waals surface area contributed by atoms with E-state index in [-0.39, 0.29) is 5.82 Å². The standard InChI is InChI=1S/C10H10ClFN4/c11-10-3-8(12)2-1-7(10)5-16-6-9(4-13)14-15-16/h1-3,6H,4-5,13H2. The maximum atomic E-state index is 12.8. The number of aromatic nitrogens is 3. The van der Waals surface area contributed by atoms with Crippen LogP contribution in [0.1, 0.15) is 11.3 Å². The largest absolute Gasteiger partial charge is 0.325 e. The summed E-state index contributed by atoms with van der Waals surface area (Å²) in [6.07, 6.45) is 1.74. The van der Waals surface area contributed by atoms with E-state index >= 15 is 0 Å². The minimum atomic E-state index is -0.352. The molecule has 84 valence electrons. The lowest BCUT2D eigenvalue weighted by Crippen LogP contribution is -2.01. The summed E-state index contributed by atoms with van der Waals surface area (Å²) in [5.74, 6) is -0.352. The van der Waals surface area contributed by atoms with E-state index in [4.69, 9.17) is 17.3 Å². The van der Waals surface area contributed by atoms with E-state index in [1.807, 2.05) is 0 Å². The highest BCUT2D eigenvalue weighted by Crippen LogP contribution is 2.17. The molecule has 1 aromatic heterocycles. The fourth-order valence-corrected chi connectivity index (χ4v) is 1.56. The molecule has 2 N–H and O–H groups in total. The van der Waals surface area contributed by atoms with Gasteiger partial charge in [-0.3, -0.25) is 0 Å². The molecule has 1 heterocycles. The fraction of sp³-hybridized carbons (Fsp3) is 0.200. The summed E-state index contributed by atoms with van der Waals surface area (Å²) in [6.45, 7) is 0.795. The smallest absolute Gasteiger partial charge is 0.124 e. The van der Waals surface area contributed by atoms with Crippen LogP contribution in [-0.2, 0) is 13.1 Å². The van der Waals surface area contributed by atoms with Gasteiger partial charge < -0.3 is 5.73 Å². The molecule has 0 aliphatic rings. The van der Waals surface area contributed by atoms with Gasteiger partial charge in [-0.25, -0.2) is 9.07 Å². The first-order chi connectivity index (χ1) is 7.69. The van der Waals surface area contributed by atoms with Crippen molar-refractivity contribution in [1.29, 1.82) is 0 Å². The number of nitrogens with two attached hydrogens (primary N) is 1. The molecule has 2 rings (SSSR count). The molecule has 16 heavy (non-hydrogen) atoms. The van der Waals surface area contributed by atoms with Crippen molar-refractivity contribution in [2.45, 2.75) is 13.1 Å². The van der Waals surface area contributed by atoms with Crippen molar-refractivity contribution in [3.05, 3.63) is 46.5 Å². The minimum absolute atomic E-state index is 0.344. The Morgan fingerprint density at radius 3 is 2.88 bits per heavy atom. The van der Waals surface area contributed by atoms with Crippen molar-refractivity contribution >= 4 is 11.6 Å². The minimum Gasteiger partial charge on any atom is -0.325 e. The van der Waals surface area contributed by atoms with Crippen molar-refractivity contribution < 1.29 is 4.39 Å². The van der Waals surface area contributed by atoms with Crippen LogP contribution in [0.5, 0.6) is 0 Å². The predicted octanol–water partition coefficient (Wildman–Crippen LogP) is 1.58. The van der Waals surface area contributed by atoms with E-state index in [1.54, 1.807) is 16.9 Å². The highest BCUT2D eigenvalue weighted by molar-refractivity contribution is 6.31.